The number of carbonyl (C=O) groups is 1. The van der Waals surface area contributed by atoms with Crippen molar-refractivity contribution >= 4 is 16.9 Å². The largest absolute Gasteiger partial charge is 0.475 e. The van der Waals surface area contributed by atoms with Crippen molar-refractivity contribution in [3.05, 3.63) is 35.6 Å². The van der Waals surface area contributed by atoms with Crippen LogP contribution in [-0.2, 0) is 11.3 Å². The molecule has 108 valence electrons. The van der Waals surface area contributed by atoms with Crippen molar-refractivity contribution in [1.29, 1.82) is 0 Å². The summed E-state index contributed by atoms with van der Waals surface area (Å²) >= 11 is 0. The van der Waals surface area contributed by atoms with Gasteiger partial charge in [-0.3, -0.25) is 0 Å². The molecular weight excluding hydrogens is 258 g/mol. The van der Waals surface area contributed by atoms with E-state index in [0.717, 1.165) is 23.9 Å². The van der Waals surface area contributed by atoms with Gasteiger partial charge in [0.05, 0.1) is 0 Å². The Balaban J connectivity index is 2.23. The van der Waals surface area contributed by atoms with Crippen LogP contribution in [0.4, 0.5) is 0 Å². The SMILES string of the molecule is COCCCN(C)Cc1c(C(=O)O)oc2ccccc12. The van der Waals surface area contributed by atoms with Crippen molar-refractivity contribution in [2.24, 2.45) is 0 Å². The highest BCUT2D eigenvalue weighted by Gasteiger charge is 2.20. The standard InChI is InChI=1S/C15H19NO4/c1-16(8-5-9-19-2)10-12-11-6-3-4-7-13(11)20-14(12)15(17)18/h3-4,6-7H,5,8-10H2,1-2H3,(H,17,18). The minimum Gasteiger partial charge on any atom is -0.475 e. The highest BCUT2D eigenvalue weighted by Crippen LogP contribution is 2.26. The van der Waals surface area contributed by atoms with Crippen LogP contribution >= 0.6 is 0 Å². The number of hydrogen-bond donors (Lipinski definition) is 1. The molecule has 0 atom stereocenters. The summed E-state index contributed by atoms with van der Waals surface area (Å²) in [6.07, 6.45) is 0.908. The van der Waals surface area contributed by atoms with Crippen LogP contribution < -0.4 is 0 Å². The first-order valence-corrected chi connectivity index (χ1v) is 6.54. The van der Waals surface area contributed by atoms with Crippen LogP contribution in [0.25, 0.3) is 11.0 Å². The van der Waals surface area contributed by atoms with E-state index in [-0.39, 0.29) is 5.76 Å². The molecule has 5 nitrogen and oxygen atoms in total. The van der Waals surface area contributed by atoms with Crippen LogP contribution in [-0.4, -0.2) is 43.3 Å². The molecule has 1 aromatic carbocycles. The number of benzene rings is 1. The number of hydrogen-bond acceptors (Lipinski definition) is 4. The summed E-state index contributed by atoms with van der Waals surface area (Å²) in [7, 11) is 3.63. The third-order valence-corrected chi connectivity index (χ3v) is 3.21. The molecule has 0 bridgehead atoms. The highest BCUT2D eigenvalue weighted by molar-refractivity contribution is 5.95. The van der Waals surface area contributed by atoms with Crippen molar-refractivity contribution in [3.8, 4) is 0 Å². The smallest absolute Gasteiger partial charge is 0.372 e. The number of carboxylic acid groups (broad SMARTS) is 1. The van der Waals surface area contributed by atoms with Crippen molar-refractivity contribution in [2.45, 2.75) is 13.0 Å². The third kappa shape index (κ3) is 3.18. The lowest BCUT2D eigenvalue weighted by Gasteiger charge is -2.15. The van der Waals surface area contributed by atoms with Crippen LogP contribution in [0.5, 0.6) is 0 Å². The second-order valence-electron chi connectivity index (χ2n) is 4.80. The van der Waals surface area contributed by atoms with Gasteiger partial charge in [0.15, 0.2) is 0 Å². The zero-order valence-corrected chi connectivity index (χ0v) is 11.8. The number of aromatic carboxylic acids is 1. The Hall–Kier alpha value is -1.85. The molecule has 0 aliphatic rings. The maximum Gasteiger partial charge on any atom is 0.372 e. The molecule has 0 radical (unpaired) electrons. The normalized spacial score (nSPS) is 11.3. The van der Waals surface area contributed by atoms with Crippen LogP contribution in [0.2, 0.25) is 0 Å². The molecule has 20 heavy (non-hydrogen) atoms. The third-order valence-electron chi connectivity index (χ3n) is 3.21. The number of fused-ring (bicyclic) bond motifs is 1. The quantitative estimate of drug-likeness (QED) is 0.788. The fourth-order valence-electron chi connectivity index (χ4n) is 2.26. The first-order chi connectivity index (χ1) is 9.63. The Morgan fingerprint density at radius 3 is 2.85 bits per heavy atom. The van der Waals surface area contributed by atoms with Gasteiger partial charge in [0, 0.05) is 37.8 Å². The average molecular weight is 277 g/mol. The maximum atomic E-state index is 11.3. The molecule has 0 saturated heterocycles. The molecule has 2 aromatic rings. The van der Waals surface area contributed by atoms with Gasteiger partial charge in [-0.25, -0.2) is 4.79 Å². The Morgan fingerprint density at radius 2 is 2.15 bits per heavy atom. The summed E-state index contributed by atoms with van der Waals surface area (Å²) in [6.45, 7) is 2.08. The molecule has 1 heterocycles. The number of rotatable bonds is 7. The number of carboxylic acids is 1. The van der Waals surface area contributed by atoms with Crippen molar-refractivity contribution < 1.29 is 19.1 Å². The molecule has 0 amide bonds. The Morgan fingerprint density at radius 1 is 1.40 bits per heavy atom. The van der Waals surface area contributed by atoms with E-state index in [0.29, 0.717) is 18.7 Å². The molecule has 2 rings (SSSR count). The van der Waals surface area contributed by atoms with Crippen LogP contribution in [0, 0.1) is 0 Å². The van der Waals surface area contributed by atoms with Gasteiger partial charge in [-0.1, -0.05) is 18.2 Å². The summed E-state index contributed by atoms with van der Waals surface area (Å²) in [6, 6.07) is 7.40. The zero-order valence-electron chi connectivity index (χ0n) is 11.8. The first-order valence-electron chi connectivity index (χ1n) is 6.54. The topological polar surface area (TPSA) is 62.9 Å². The van der Waals surface area contributed by atoms with E-state index < -0.39 is 5.97 Å². The molecule has 1 aromatic heterocycles. The highest BCUT2D eigenvalue weighted by atomic mass is 16.5. The van der Waals surface area contributed by atoms with Gasteiger partial charge in [-0.2, -0.15) is 0 Å². The molecule has 0 saturated carbocycles. The molecule has 5 heteroatoms. The van der Waals surface area contributed by atoms with Crippen LogP contribution in [0.1, 0.15) is 22.5 Å². The zero-order chi connectivity index (χ0) is 14.5. The molecule has 0 aliphatic carbocycles. The maximum absolute atomic E-state index is 11.3. The second kappa shape index (κ2) is 6.54. The van der Waals surface area contributed by atoms with Gasteiger partial charge in [0.1, 0.15) is 5.58 Å². The lowest BCUT2D eigenvalue weighted by Crippen LogP contribution is -2.21. The Bertz CT molecular complexity index is 591. The van der Waals surface area contributed by atoms with Gasteiger partial charge in [-0.15, -0.1) is 0 Å². The summed E-state index contributed by atoms with van der Waals surface area (Å²) < 4.78 is 10.5. The van der Waals surface area contributed by atoms with E-state index in [1.165, 1.54) is 0 Å². The van der Waals surface area contributed by atoms with Crippen LogP contribution in [0.15, 0.2) is 28.7 Å². The lowest BCUT2D eigenvalue weighted by molar-refractivity contribution is 0.0662. The molecule has 1 N–H and O–H groups in total. The summed E-state index contributed by atoms with van der Waals surface area (Å²) in [5.41, 5.74) is 1.35. The van der Waals surface area contributed by atoms with E-state index in [4.69, 9.17) is 9.15 Å². The number of ether oxygens (including phenoxy) is 1. The molecule has 0 unspecified atom stereocenters. The number of furan rings is 1. The van der Waals surface area contributed by atoms with Gasteiger partial charge in [0.25, 0.3) is 0 Å². The van der Waals surface area contributed by atoms with Gasteiger partial charge in [0.2, 0.25) is 5.76 Å². The van der Waals surface area contributed by atoms with Crippen molar-refractivity contribution in [2.75, 3.05) is 27.3 Å². The fourth-order valence-corrected chi connectivity index (χ4v) is 2.26. The van der Waals surface area contributed by atoms with E-state index in [2.05, 4.69) is 4.90 Å². The second-order valence-corrected chi connectivity index (χ2v) is 4.80. The minimum atomic E-state index is -1.03. The summed E-state index contributed by atoms with van der Waals surface area (Å²) in [5.74, 6) is -0.994. The molecule has 0 fully saturated rings. The van der Waals surface area contributed by atoms with E-state index >= 15 is 0 Å². The number of nitrogens with zero attached hydrogens (tertiary/aromatic N) is 1. The van der Waals surface area contributed by atoms with Crippen molar-refractivity contribution in [3.63, 3.8) is 0 Å². The lowest BCUT2D eigenvalue weighted by atomic mass is 10.1. The Kier molecular flexibility index (Phi) is 4.76. The summed E-state index contributed by atoms with van der Waals surface area (Å²) in [5, 5.41) is 10.1. The van der Waals surface area contributed by atoms with Gasteiger partial charge < -0.3 is 19.2 Å². The predicted molar refractivity (Wildman–Crippen MR) is 76.0 cm³/mol. The van der Waals surface area contributed by atoms with E-state index in [1.807, 2.05) is 25.2 Å². The van der Waals surface area contributed by atoms with Gasteiger partial charge >= 0.3 is 5.97 Å². The molecular formula is C15H19NO4. The first kappa shape index (κ1) is 14.6. The van der Waals surface area contributed by atoms with Crippen LogP contribution in [0.3, 0.4) is 0 Å². The number of methoxy groups -OCH3 is 1. The minimum absolute atomic E-state index is 0.0322. The van der Waals surface area contributed by atoms with Crippen molar-refractivity contribution in [1.82, 2.24) is 4.90 Å². The summed E-state index contributed by atoms with van der Waals surface area (Å²) in [4.78, 5) is 13.4. The van der Waals surface area contributed by atoms with Gasteiger partial charge in [-0.05, 0) is 19.5 Å². The predicted octanol–water partition coefficient (Wildman–Crippen LogP) is 2.60. The monoisotopic (exact) mass is 277 g/mol. The fraction of sp³-hybridized carbons (Fsp3) is 0.400. The average Bonchev–Trinajstić information content (AvgIpc) is 2.78. The van der Waals surface area contributed by atoms with E-state index in [9.17, 15) is 9.90 Å². The molecule has 0 spiro atoms. The Labute approximate surface area is 117 Å². The number of para-hydroxylation sites is 1. The molecule has 0 aliphatic heterocycles. The van der Waals surface area contributed by atoms with E-state index in [1.54, 1.807) is 13.2 Å².